The van der Waals surface area contributed by atoms with E-state index in [1.807, 2.05) is 30.3 Å². The molecule has 0 saturated carbocycles. The molecule has 3 nitrogen and oxygen atoms in total. The lowest BCUT2D eigenvalue weighted by molar-refractivity contribution is -0.141. The molecule has 0 fully saturated rings. The van der Waals surface area contributed by atoms with Crippen LogP contribution in [0.3, 0.4) is 0 Å². The smallest absolute Gasteiger partial charge is 0.294 e. The zero-order valence-electron chi connectivity index (χ0n) is 11.1. The van der Waals surface area contributed by atoms with Gasteiger partial charge in [0.25, 0.3) is 6.47 Å². The minimum Gasteiger partial charge on any atom is -0.455 e. The van der Waals surface area contributed by atoms with Crippen LogP contribution in [0.2, 0.25) is 10.0 Å². The lowest BCUT2D eigenvalue weighted by Gasteiger charge is -2.23. The Bertz CT molecular complexity index is 627. The van der Waals surface area contributed by atoms with Gasteiger partial charge in [0, 0.05) is 5.56 Å². The first-order valence-corrected chi connectivity index (χ1v) is 6.74. The molecule has 2 rings (SSSR count). The zero-order chi connectivity index (χ0) is 14.8. The fraction of sp³-hybridized carbons (Fsp3) is 0.200. The van der Waals surface area contributed by atoms with E-state index in [-0.39, 0.29) is 0 Å². The number of aromatic nitrogens is 1. The number of hydrogen-bond acceptors (Lipinski definition) is 3. The number of ether oxygens (including phenoxy) is 1. The van der Waals surface area contributed by atoms with Gasteiger partial charge in [0.15, 0.2) is 0 Å². The van der Waals surface area contributed by atoms with Gasteiger partial charge in [0.1, 0.15) is 5.60 Å². The molecule has 0 radical (unpaired) electrons. The quantitative estimate of drug-likeness (QED) is 0.782. The molecule has 0 aliphatic carbocycles. The van der Waals surface area contributed by atoms with Gasteiger partial charge >= 0.3 is 0 Å². The number of halogens is 2. The Labute approximate surface area is 127 Å². The minimum atomic E-state index is -0.875. The molecule has 2 aromatic rings. The van der Waals surface area contributed by atoms with Crippen LogP contribution in [0.15, 0.2) is 36.4 Å². The summed E-state index contributed by atoms with van der Waals surface area (Å²) in [5.74, 6) is 0. The van der Waals surface area contributed by atoms with Gasteiger partial charge in [-0.05, 0) is 19.9 Å². The monoisotopic (exact) mass is 309 g/mol. The number of carbonyl (C=O) groups excluding carboxylic acids is 1. The lowest BCUT2D eigenvalue weighted by Crippen LogP contribution is -2.22. The first-order valence-electron chi connectivity index (χ1n) is 5.99. The van der Waals surface area contributed by atoms with Gasteiger partial charge in [-0.2, -0.15) is 0 Å². The van der Waals surface area contributed by atoms with Crippen molar-refractivity contribution in [2.45, 2.75) is 19.4 Å². The van der Waals surface area contributed by atoms with Crippen LogP contribution in [0.1, 0.15) is 19.5 Å². The molecule has 20 heavy (non-hydrogen) atoms. The first kappa shape index (κ1) is 14.8. The van der Waals surface area contributed by atoms with E-state index in [9.17, 15) is 4.79 Å². The lowest BCUT2D eigenvalue weighted by atomic mass is 10.0. The van der Waals surface area contributed by atoms with E-state index in [4.69, 9.17) is 27.9 Å². The number of carbonyl (C=O) groups is 1. The third kappa shape index (κ3) is 2.94. The molecule has 0 bridgehead atoms. The minimum absolute atomic E-state index is 0.373. The highest BCUT2D eigenvalue weighted by Crippen LogP contribution is 2.35. The largest absolute Gasteiger partial charge is 0.455 e. The number of hydrogen-bond donors (Lipinski definition) is 0. The molecule has 104 valence electrons. The second-order valence-corrected chi connectivity index (χ2v) is 5.53. The summed E-state index contributed by atoms with van der Waals surface area (Å²) in [5.41, 5.74) is 1.08. The predicted molar refractivity (Wildman–Crippen MR) is 79.9 cm³/mol. The molecule has 1 aromatic heterocycles. The average molecular weight is 310 g/mol. The van der Waals surface area contributed by atoms with Crippen LogP contribution in [0.5, 0.6) is 0 Å². The number of nitrogens with zero attached hydrogens (tertiary/aromatic N) is 1. The van der Waals surface area contributed by atoms with E-state index in [1.54, 1.807) is 19.9 Å². The Morgan fingerprint density at radius 1 is 1.20 bits per heavy atom. The third-order valence-electron chi connectivity index (χ3n) is 2.92. The maximum atomic E-state index is 10.6. The van der Waals surface area contributed by atoms with Crippen LogP contribution < -0.4 is 0 Å². The van der Waals surface area contributed by atoms with E-state index in [0.29, 0.717) is 27.9 Å². The predicted octanol–water partition coefficient (Wildman–Crippen LogP) is 4.46. The van der Waals surface area contributed by atoms with Gasteiger partial charge in [-0.3, -0.25) is 4.79 Å². The fourth-order valence-electron chi connectivity index (χ4n) is 1.77. The van der Waals surface area contributed by atoms with Crippen molar-refractivity contribution >= 4 is 29.7 Å². The van der Waals surface area contributed by atoms with Gasteiger partial charge < -0.3 is 4.74 Å². The van der Waals surface area contributed by atoms with Crippen molar-refractivity contribution in [3.05, 3.63) is 52.1 Å². The highest BCUT2D eigenvalue weighted by Gasteiger charge is 2.26. The molecule has 0 saturated heterocycles. The normalized spacial score (nSPS) is 11.2. The van der Waals surface area contributed by atoms with Crippen molar-refractivity contribution in [3.8, 4) is 11.3 Å². The summed E-state index contributed by atoms with van der Waals surface area (Å²) >= 11 is 12.4. The topological polar surface area (TPSA) is 39.2 Å². The Hall–Kier alpha value is -1.58. The molecule has 1 heterocycles. The van der Waals surface area contributed by atoms with Crippen molar-refractivity contribution < 1.29 is 9.53 Å². The first-order chi connectivity index (χ1) is 9.45. The van der Waals surface area contributed by atoms with Crippen molar-refractivity contribution in [1.29, 1.82) is 0 Å². The molecule has 5 heteroatoms. The van der Waals surface area contributed by atoms with Crippen LogP contribution in [-0.4, -0.2) is 11.5 Å². The maximum absolute atomic E-state index is 10.6. The van der Waals surface area contributed by atoms with Gasteiger partial charge in [-0.15, -0.1) is 0 Å². The zero-order valence-corrected chi connectivity index (χ0v) is 12.6. The SMILES string of the molecule is CC(C)(OC=O)c1cc(Cl)c(Cl)c(-c2ccccc2)n1. The molecule has 0 spiro atoms. The van der Waals surface area contributed by atoms with Gasteiger partial charge in [0.2, 0.25) is 0 Å². The van der Waals surface area contributed by atoms with E-state index < -0.39 is 5.60 Å². The van der Waals surface area contributed by atoms with Crippen LogP contribution in [0.25, 0.3) is 11.3 Å². The molecule has 0 amide bonds. The molecule has 0 atom stereocenters. The number of benzene rings is 1. The number of rotatable bonds is 4. The summed E-state index contributed by atoms with van der Waals surface area (Å²) in [6.45, 7) is 3.87. The van der Waals surface area contributed by atoms with E-state index >= 15 is 0 Å². The van der Waals surface area contributed by atoms with Crippen molar-refractivity contribution in [1.82, 2.24) is 4.98 Å². The van der Waals surface area contributed by atoms with E-state index in [1.165, 1.54) is 0 Å². The molecular weight excluding hydrogens is 297 g/mol. The van der Waals surface area contributed by atoms with Crippen LogP contribution in [0, 0.1) is 0 Å². The second-order valence-electron chi connectivity index (χ2n) is 4.74. The molecule has 0 aliphatic rings. The summed E-state index contributed by atoms with van der Waals surface area (Å²) < 4.78 is 5.06. The van der Waals surface area contributed by atoms with Gasteiger partial charge in [-0.1, -0.05) is 53.5 Å². The fourth-order valence-corrected chi connectivity index (χ4v) is 2.17. The van der Waals surface area contributed by atoms with E-state index in [2.05, 4.69) is 4.98 Å². The van der Waals surface area contributed by atoms with Crippen molar-refractivity contribution in [3.63, 3.8) is 0 Å². The molecule has 0 aliphatic heterocycles. The van der Waals surface area contributed by atoms with Gasteiger partial charge in [-0.25, -0.2) is 4.98 Å². The van der Waals surface area contributed by atoms with Crippen LogP contribution in [-0.2, 0) is 15.1 Å². The van der Waals surface area contributed by atoms with Gasteiger partial charge in [0.05, 0.1) is 21.4 Å². The molecule has 0 unspecified atom stereocenters. The third-order valence-corrected chi connectivity index (χ3v) is 3.70. The van der Waals surface area contributed by atoms with E-state index in [0.717, 1.165) is 5.56 Å². The average Bonchev–Trinajstić information content (AvgIpc) is 2.42. The Kier molecular flexibility index (Phi) is 4.31. The van der Waals surface area contributed by atoms with Crippen molar-refractivity contribution in [2.24, 2.45) is 0 Å². The Balaban J connectivity index is 2.59. The summed E-state index contributed by atoms with van der Waals surface area (Å²) in [5, 5.41) is 0.751. The summed E-state index contributed by atoms with van der Waals surface area (Å²) in [6.07, 6.45) is 0. The molecule has 0 N–H and O–H groups in total. The summed E-state index contributed by atoms with van der Waals surface area (Å²) in [6, 6.07) is 11.1. The van der Waals surface area contributed by atoms with Crippen LogP contribution in [0.4, 0.5) is 0 Å². The number of pyridine rings is 1. The highest BCUT2D eigenvalue weighted by atomic mass is 35.5. The molecular formula is C15H13Cl2NO2. The Morgan fingerprint density at radius 2 is 1.85 bits per heavy atom. The standard InChI is InChI=1S/C15H13Cl2NO2/c1-15(2,20-9-19)12-8-11(16)13(17)14(18-12)10-6-4-3-5-7-10/h3-9H,1-2H3. The second kappa shape index (κ2) is 5.81. The molecule has 1 aromatic carbocycles. The Morgan fingerprint density at radius 3 is 2.45 bits per heavy atom. The highest BCUT2D eigenvalue weighted by molar-refractivity contribution is 6.43. The summed E-state index contributed by atoms with van der Waals surface area (Å²) in [4.78, 5) is 15.1. The van der Waals surface area contributed by atoms with Crippen molar-refractivity contribution in [2.75, 3.05) is 0 Å². The maximum Gasteiger partial charge on any atom is 0.294 e. The van der Waals surface area contributed by atoms with Crippen LogP contribution >= 0.6 is 23.2 Å². The summed E-state index contributed by atoms with van der Waals surface area (Å²) in [7, 11) is 0.